The number of H-pyrrole nitrogens is 1. The molecule has 0 unspecified atom stereocenters. The van der Waals surface area contributed by atoms with Crippen LogP contribution in [0.25, 0.3) is 0 Å². The lowest BCUT2D eigenvalue weighted by atomic mass is 9.94. The number of likely N-dealkylation sites (tertiary alicyclic amines) is 1. The van der Waals surface area contributed by atoms with Crippen LogP contribution in [-0.2, 0) is 11.2 Å². The predicted octanol–water partition coefficient (Wildman–Crippen LogP) is 2.06. The maximum Gasteiger partial charge on any atom is 0.227 e. The van der Waals surface area contributed by atoms with E-state index in [1.165, 1.54) is 0 Å². The molecule has 0 saturated carbocycles. The third-order valence-corrected chi connectivity index (χ3v) is 4.00. The maximum atomic E-state index is 12.4. The van der Waals surface area contributed by atoms with Gasteiger partial charge in [-0.2, -0.15) is 5.10 Å². The minimum atomic E-state index is 0.181. The number of amides is 1. The molecule has 1 N–H and O–H groups in total. The van der Waals surface area contributed by atoms with E-state index >= 15 is 0 Å². The largest absolute Gasteiger partial charge is 0.342 e. The highest BCUT2D eigenvalue weighted by molar-refractivity contribution is 5.78. The van der Waals surface area contributed by atoms with E-state index in [4.69, 9.17) is 0 Å². The number of nitrogens with one attached hydrogen (secondary N) is 1. The average molecular weight is 284 g/mol. The number of aromatic nitrogens is 3. The normalized spacial score (nSPS) is 18.7. The summed E-state index contributed by atoms with van der Waals surface area (Å²) in [4.78, 5) is 18.4. The Balaban J connectivity index is 1.64. The van der Waals surface area contributed by atoms with Gasteiger partial charge in [-0.1, -0.05) is 6.07 Å². The Morgan fingerprint density at radius 3 is 3.14 bits per heavy atom. The summed E-state index contributed by atoms with van der Waals surface area (Å²) in [5, 5.41) is 7.33. The van der Waals surface area contributed by atoms with E-state index in [9.17, 15) is 4.79 Å². The Hall–Kier alpha value is -2.17. The molecule has 21 heavy (non-hydrogen) atoms. The molecular weight excluding hydrogens is 264 g/mol. The molecule has 1 amide bonds. The number of pyridine rings is 1. The first kappa shape index (κ1) is 13.8. The average Bonchev–Trinajstić information content (AvgIpc) is 2.95. The van der Waals surface area contributed by atoms with Crippen molar-refractivity contribution < 1.29 is 4.79 Å². The molecule has 0 spiro atoms. The van der Waals surface area contributed by atoms with Crippen molar-refractivity contribution >= 4 is 5.91 Å². The van der Waals surface area contributed by atoms with E-state index in [0.29, 0.717) is 12.3 Å². The van der Waals surface area contributed by atoms with Gasteiger partial charge in [0.2, 0.25) is 5.91 Å². The van der Waals surface area contributed by atoms with Gasteiger partial charge in [-0.3, -0.25) is 14.9 Å². The van der Waals surface area contributed by atoms with Gasteiger partial charge in [0.15, 0.2) is 0 Å². The van der Waals surface area contributed by atoms with Gasteiger partial charge in [0, 0.05) is 37.1 Å². The third kappa shape index (κ3) is 3.29. The van der Waals surface area contributed by atoms with Crippen LogP contribution in [0.15, 0.2) is 30.6 Å². The highest BCUT2D eigenvalue weighted by Gasteiger charge is 2.26. The molecule has 0 aliphatic carbocycles. The van der Waals surface area contributed by atoms with Crippen LogP contribution in [0.2, 0.25) is 0 Å². The predicted molar refractivity (Wildman–Crippen MR) is 79.8 cm³/mol. The lowest BCUT2D eigenvalue weighted by Crippen LogP contribution is -2.40. The number of rotatable bonds is 3. The van der Waals surface area contributed by atoms with Gasteiger partial charge in [0.05, 0.1) is 12.1 Å². The van der Waals surface area contributed by atoms with Crippen molar-refractivity contribution in [3.05, 3.63) is 47.5 Å². The van der Waals surface area contributed by atoms with Gasteiger partial charge >= 0.3 is 0 Å². The molecule has 1 atom stereocenters. The second kappa shape index (κ2) is 6.08. The Labute approximate surface area is 124 Å². The fraction of sp³-hybridized carbons (Fsp3) is 0.438. The topological polar surface area (TPSA) is 61.9 Å². The van der Waals surface area contributed by atoms with Crippen molar-refractivity contribution in [2.24, 2.45) is 0 Å². The van der Waals surface area contributed by atoms with E-state index in [2.05, 4.69) is 21.2 Å². The molecule has 1 aliphatic rings. The Morgan fingerprint density at radius 1 is 1.52 bits per heavy atom. The van der Waals surface area contributed by atoms with Crippen LogP contribution < -0.4 is 0 Å². The summed E-state index contributed by atoms with van der Waals surface area (Å²) < 4.78 is 0. The van der Waals surface area contributed by atoms with Crippen LogP contribution in [0.3, 0.4) is 0 Å². The van der Waals surface area contributed by atoms with Crippen molar-refractivity contribution in [2.75, 3.05) is 13.1 Å². The van der Waals surface area contributed by atoms with Crippen molar-refractivity contribution in [1.82, 2.24) is 20.1 Å². The smallest absolute Gasteiger partial charge is 0.227 e. The summed E-state index contributed by atoms with van der Waals surface area (Å²) in [6.07, 6.45) is 6.05. The molecule has 1 fully saturated rings. The lowest BCUT2D eigenvalue weighted by molar-refractivity contribution is -0.131. The van der Waals surface area contributed by atoms with E-state index in [1.54, 1.807) is 12.4 Å². The number of carbonyl (C=O) groups excluding carboxylic acids is 1. The van der Waals surface area contributed by atoms with Crippen molar-refractivity contribution in [2.45, 2.75) is 32.1 Å². The molecule has 1 saturated heterocycles. The molecule has 3 rings (SSSR count). The van der Waals surface area contributed by atoms with E-state index in [-0.39, 0.29) is 5.91 Å². The molecule has 2 aromatic rings. The second-order valence-electron chi connectivity index (χ2n) is 5.69. The molecular formula is C16H20N4O. The fourth-order valence-electron chi connectivity index (χ4n) is 2.88. The van der Waals surface area contributed by atoms with Crippen LogP contribution in [0, 0.1) is 6.92 Å². The zero-order valence-electron chi connectivity index (χ0n) is 12.2. The molecule has 5 nitrogen and oxygen atoms in total. The van der Waals surface area contributed by atoms with E-state index < -0.39 is 0 Å². The van der Waals surface area contributed by atoms with Crippen molar-refractivity contribution in [1.29, 1.82) is 0 Å². The van der Waals surface area contributed by atoms with Crippen LogP contribution in [0.5, 0.6) is 0 Å². The summed E-state index contributed by atoms with van der Waals surface area (Å²) in [5.41, 5.74) is 3.12. The molecule has 110 valence electrons. The Kier molecular flexibility index (Phi) is 3.99. The highest BCUT2D eigenvalue weighted by atomic mass is 16.2. The molecule has 3 heterocycles. The van der Waals surface area contributed by atoms with Crippen LogP contribution in [0.4, 0.5) is 0 Å². The highest BCUT2D eigenvalue weighted by Crippen LogP contribution is 2.26. The number of piperidine rings is 1. The number of aryl methyl sites for hydroxylation is 1. The minimum Gasteiger partial charge on any atom is -0.342 e. The molecule has 0 radical (unpaired) electrons. The first-order valence-corrected chi connectivity index (χ1v) is 7.41. The van der Waals surface area contributed by atoms with Gasteiger partial charge in [-0.05, 0) is 37.5 Å². The number of nitrogens with zero attached hydrogens (tertiary/aromatic N) is 3. The van der Waals surface area contributed by atoms with Crippen molar-refractivity contribution in [3.8, 4) is 0 Å². The first-order chi connectivity index (χ1) is 10.2. The van der Waals surface area contributed by atoms with Crippen LogP contribution in [0.1, 0.15) is 35.7 Å². The number of hydrogen-bond donors (Lipinski definition) is 1. The Morgan fingerprint density at radius 2 is 2.43 bits per heavy atom. The number of aromatic amines is 1. The quantitative estimate of drug-likeness (QED) is 0.938. The summed E-state index contributed by atoms with van der Waals surface area (Å²) in [5.74, 6) is 0.529. The maximum absolute atomic E-state index is 12.4. The SMILES string of the molecule is Cc1cc([C@H]2CCCN(C(=O)Cc3cccnc3)C2)n[nH]1. The van der Waals surface area contributed by atoms with Crippen molar-refractivity contribution in [3.63, 3.8) is 0 Å². The number of hydrogen-bond acceptors (Lipinski definition) is 3. The summed E-state index contributed by atoms with van der Waals surface area (Å²) >= 11 is 0. The van der Waals surface area contributed by atoms with Gasteiger partial charge in [0.1, 0.15) is 0 Å². The van der Waals surface area contributed by atoms with Gasteiger partial charge < -0.3 is 4.90 Å². The summed E-state index contributed by atoms with van der Waals surface area (Å²) in [6, 6.07) is 5.90. The Bertz CT molecular complexity index is 608. The van der Waals surface area contributed by atoms with Crippen LogP contribution in [-0.4, -0.2) is 39.1 Å². The zero-order valence-corrected chi connectivity index (χ0v) is 12.2. The van der Waals surface area contributed by atoms with Gasteiger partial charge in [0.25, 0.3) is 0 Å². The molecule has 1 aliphatic heterocycles. The molecule has 5 heteroatoms. The fourth-order valence-corrected chi connectivity index (χ4v) is 2.88. The van der Waals surface area contributed by atoms with Gasteiger partial charge in [-0.15, -0.1) is 0 Å². The molecule has 2 aromatic heterocycles. The second-order valence-corrected chi connectivity index (χ2v) is 5.69. The zero-order chi connectivity index (χ0) is 14.7. The molecule has 0 aromatic carbocycles. The standard InChI is InChI=1S/C16H20N4O/c1-12-8-15(19-18-12)14-5-3-7-20(11-14)16(21)9-13-4-2-6-17-10-13/h2,4,6,8,10,14H,3,5,7,9,11H2,1H3,(H,18,19)/t14-/m0/s1. The van der Waals surface area contributed by atoms with E-state index in [0.717, 1.165) is 42.9 Å². The minimum absolute atomic E-state index is 0.181. The number of carbonyl (C=O) groups is 1. The first-order valence-electron chi connectivity index (χ1n) is 7.41. The third-order valence-electron chi connectivity index (χ3n) is 4.00. The monoisotopic (exact) mass is 284 g/mol. The van der Waals surface area contributed by atoms with E-state index in [1.807, 2.05) is 24.0 Å². The summed E-state index contributed by atoms with van der Waals surface area (Å²) in [7, 11) is 0. The summed E-state index contributed by atoms with van der Waals surface area (Å²) in [6.45, 7) is 3.62. The lowest BCUT2D eigenvalue weighted by Gasteiger charge is -2.32. The van der Waals surface area contributed by atoms with Crippen LogP contribution >= 0.6 is 0 Å². The van der Waals surface area contributed by atoms with Gasteiger partial charge in [-0.25, -0.2) is 0 Å². The molecule has 0 bridgehead atoms.